The zero-order chi connectivity index (χ0) is 21.3. The maximum absolute atomic E-state index is 12.7. The molecule has 158 valence electrons. The van der Waals surface area contributed by atoms with Gasteiger partial charge >= 0.3 is 0 Å². The van der Waals surface area contributed by atoms with Gasteiger partial charge in [0.1, 0.15) is 17.1 Å². The van der Waals surface area contributed by atoms with Gasteiger partial charge in [0.25, 0.3) is 5.91 Å². The molecule has 5 heteroatoms. The first-order chi connectivity index (χ1) is 14.3. The second kappa shape index (κ2) is 8.13. The second-order valence-electron chi connectivity index (χ2n) is 8.78. The summed E-state index contributed by atoms with van der Waals surface area (Å²) in [6, 6.07) is 13.6. The number of rotatable bonds is 4. The van der Waals surface area contributed by atoms with Gasteiger partial charge in [-0.15, -0.1) is 0 Å². The molecule has 1 fully saturated rings. The number of hydrogen-bond acceptors (Lipinski definition) is 4. The van der Waals surface area contributed by atoms with E-state index in [9.17, 15) is 9.59 Å². The summed E-state index contributed by atoms with van der Waals surface area (Å²) in [6.45, 7) is 7.40. The van der Waals surface area contributed by atoms with Crippen LogP contribution in [0.4, 0.5) is 0 Å². The number of piperidine rings is 1. The Morgan fingerprint density at radius 1 is 1.17 bits per heavy atom. The van der Waals surface area contributed by atoms with Crippen LogP contribution in [-0.4, -0.2) is 41.9 Å². The van der Waals surface area contributed by atoms with E-state index >= 15 is 0 Å². The first-order valence-electron chi connectivity index (χ1n) is 10.7. The van der Waals surface area contributed by atoms with Crippen LogP contribution in [-0.2, 0) is 4.79 Å². The highest BCUT2D eigenvalue weighted by Gasteiger charge is 2.43. The number of carbonyl (C=O) groups is 2. The first kappa shape index (κ1) is 20.5. The Kier molecular flexibility index (Phi) is 5.54. The van der Waals surface area contributed by atoms with E-state index in [0.29, 0.717) is 49.6 Å². The van der Waals surface area contributed by atoms with Gasteiger partial charge in [-0.3, -0.25) is 9.59 Å². The zero-order valence-electron chi connectivity index (χ0n) is 17.9. The monoisotopic (exact) mass is 407 g/mol. The van der Waals surface area contributed by atoms with E-state index in [0.717, 1.165) is 11.3 Å². The third kappa shape index (κ3) is 4.20. The molecule has 0 unspecified atom stereocenters. The fourth-order valence-corrected chi connectivity index (χ4v) is 4.25. The number of Topliss-reactive ketones (excluding diaryl/α,β-unsaturated/α-hetero) is 1. The lowest BCUT2D eigenvalue weighted by atomic mass is 9.82. The molecule has 0 bridgehead atoms. The predicted octanol–water partition coefficient (Wildman–Crippen LogP) is 4.52. The molecule has 1 saturated heterocycles. The van der Waals surface area contributed by atoms with Crippen LogP contribution in [0.5, 0.6) is 11.5 Å². The van der Waals surface area contributed by atoms with Crippen LogP contribution < -0.4 is 9.47 Å². The van der Waals surface area contributed by atoms with Gasteiger partial charge in [0.05, 0.1) is 12.0 Å². The van der Waals surface area contributed by atoms with E-state index < -0.39 is 5.60 Å². The largest absolute Gasteiger partial charge is 0.486 e. The van der Waals surface area contributed by atoms with Gasteiger partial charge in [-0.25, -0.2) is 0 Å². The van der Waals surface area contributed by atoms with Crippen LogP contribution in [0.2, 0.25) is 0 Å². The molecule has 0 aliphatic carbocycles. The molecule has 2 heterocycles. The molecule has 1 amide bonds. The molecular weight excluding hydrogens is 378 g/mol. The van der Waals surface area contributed by atoms with Crippen LogP contribution in [0, 0.1) is 6.92 Å². The Labute approximate surface area is 178 Å². The fourth-order valence-electron chi connectivity index (χ4n) is 4.25. The Hall–Kier alpha value is -2.82. The molecular formula is C25H29NO4. The SMILES string of the molecule is Cc1ccc2c(c1)C(=O)CC1(CCN(C(=O)COc3cccc(C(C)C)c3)CC1)O2. The van der Waals surface area contributed by atoms with Crippen LogP contribution in [0.1, 0.15) is 60.5 Å². The summed E-state index contributed by atoms with van der Waals surface area (Å²) in [4.78, 5) is 27.2. The summed E-state index contributed by atoms with van der Waals surface area (Å²) in [5, 5.41) is 0. The van der Waals surface area contributed by atoms with Crippen molar-refractivity contribution in [3.63, 3.8) is 0 Å². The summed E-state index contributed by atoms with van der Waals surface area (Å²) in [5.41, 5.74) is 2.43. The number of nitrogens with zero attached hydrogens (tertiary/aromatic N) is 1. The number of amides is 1. The Morgan fingerprint density at radius 2 is 1.93 bits per heavy atom. The molecule has 5 nitrogen and oxygen atoms in total. The number of ketones is 1. The molecule has 4 rings (SSSR count). The van der Waals surface area contributed by atoms with Gasteiger partial charge in [0.15, 0.2) is 12.4 Å². The van der Waals surface area contributed by atoms with Crippen LogP contribution in [0.15, 0.2) is 42.5 Å². The highest BCUT2D eigenvalue weighted by atomic mass is 16.5. The van der Waals surface area contributed by atoms with Gasteiger partial charge in [0.2, 0.25) is 0 Å². The van der Waals surface area contributed by atoms with E-state index in [1.54, 1.807) is 0 Å². The van der Waals surface area contributed by atoms with Crippen LogP contribution >= 0.6 is 0 Å². The summed E-state index contributed by atoms with van der Waals surface area (Å²) >= 11 is 0. The summed E-state index contributed by atoms with van der Waals surface area (Å²) in [5.74, 6) is 1.90. The fraction of sp³-hybridized carbons (Fsp3) is 0.440. The standard InChI is InChI=1S/C25H29NO4/c1-17(2)19-5-4-6-20(14-19)29-16-24(28)26-11-9-25(10-12-26)15-22(27)21-13-18(3)7-8-23(21)30-25/h4-8,13-14,17H,9-12,15-16H2,1-3H3. The molecule has 0 N–H and O–H groups in total. The number of ether oxygens (including phenoxy) is 2. The maximum atomic E-state index is 12.7. The van der Waals surface area contributed by atoms with Crippen LogP contribution in [0.3, 0.4) is 0 Å². The Morgan fingerprint density at radius 3 is 2.67 bits per heavy atom. The van der Waals surface area contributed by atoms with Gasteiger partial charge < -0.3 is 14.4 Å². The molecule has 1 spiro atoms. The molecule has 2 aliphatic heterocycles. The second-order valence-corrected chi connectivity index (χ2v) is 8.78. The molecule has 2 aliphatic rings. The van der Waals surface area contributed by atoms with Crippen molar-refractivity contribution in [2.24, 2.45) is 0 Å². The van der Waals surface area contributed by atoms with Gasteiger partial charge in [-0.05, 0) is 42.7 Å². The van der Waals surface area contributed by atoms with Gasteiger partial charge in [0, 0.05) is 25.9 Å². The van der Waals surface area contributed by atoms with Crippen molar-refractivity contribution in [3.05, 3.63) is 59.2 Å². The molecule has 30 heavy (non-hydrogen) atoms. The van der Waals surface area contributed by atoms with Gasteiger partial charge in [-0.1, -0.05) is 37.6 Å². The molecule has 0 saturated carbocycles. The predicted molar refractivity (Wildman–Crippen MR) is 115 cm³/mol. The normalized spacial score (nSPS) is 17.6. The van der Waals surface area contributed by atoms with E-state index in [1.807, 2.05) is 48.2 Å². The number of carbonyl (C=O) groups excluding carboxylic acids is 2. The molecule has 2 aromatic carbocycles. The topological polar surface area (TPSA) is 55.8 Å². The molecule has 0 aromatic heterocycles. The lowest BCUT2D eigenvalue weighted by Crippen LogP contribution is -2.53. The van der Waals surface area contributed by atoms with Crippen molar-refractivity contribution < 1.29 is 19.1 Å². The van der Waals surface area contributed by atoms with E-state index in [2.05, 4.69) is 19.9 Å². The quantitative estimate of drug-likeness (QED) is 0.748. The Bertz CT molecular complexity index is 957. The minimum absolute atomic E-state index is 0.0243. The number of hydrogen-bond donors (Lipinski definition) is 0. The number of likely N-dealkylation sites (tertiary alicyclic amines) is 1. The van der Waals surface area contributed by atoms with Crippen molar-refractivity contribution in [1.82, 2.24) is 4.90 Å². The third-order valence-corrected chi connectivity index (χ3v) is 6.16. The van der Waals surface area contributed by atoms with E-state index in [-0.39, 0.29) is 18.3 Å². The van der Waals surface area contributed by atoms with Crippen molar-refractivity contribution >= 4 is 11.7 Å². The highest BCUT2D eigenvalue weighted by Crippen LogP contribution is 2.39. The lowest BCUT2D eigenvalue weighted by molar-refractivity contribution is -0.136. The van der Waals surface area contributed by atoms with Crippen LogP contribution in [0.25, 0.3) is 0 Å². The number of fused-ring (bicyclic) bond motifs is 1. The number of benzene rings is 2. The maximum Gasteiger partial charge on any atom is 0.260 e. The number of aryl methyl sites for hydroxylation is 1. The highest BCUT2D eigenvalue weighted by molar-refractivity contribution is 6.00. The summed E-state index contributed by atoms with van der Waals surface area (Å²) in [7, 11) is 0. The van der Waals surface area contributed by atoms with E-state index in [4.69, 9.17) is 9.47 Å². The summed E-state index contributed by atoms with van der Waals surface area (Å²) < 4.78 is 12.0. The minimum atomic E-state index is -0.497. The molecule has 2 aromatic rings. The third-order valence-electron chi connectivity index (χ3n) is 6.16. The molecule has 0 radical (unpaired) electrons. The van der Waals surface area contributed by atoms with Crippen molar-refractivity contribution in [2.45, 2.75) is 51.6 Å². The Balaban J connectivity index is 1.34. The minimum Gasteiger partial charge on any atom is -0.486 e. The van der Waals surface area contributed by atoms with E-state index in [1.165, 1.54) is 5.56 Å². The average Bonchev–Trinajstić information content (AvgIpc) is 2.73. The lowest BCUT2D eigenvalue weighted by Gasteiger charge is -2.44. The van der Waals surface area contributed by atoms with Crippen molar-refractivity contribution in [3.8, 4) is 11.5 Å². The van der Waals surface area contributed by atoms with Crippen molar-refractivity contribution in [1.29, 1.82) is 0 Å². The summed E-state index contributed by atoms with van der Waals surface area (Å²) in [6.07, 6.45) is 1.69. The molecule has 0 atom stereocenters. The van der Waals surface area contributed by atoms with Crippen molar-refractivity contribution in [2.75, 3.05) is 19.7 Å². The van der Waals surface area contributed by atoms with Gasteiger partial charge in [-0.2, -0.15) is 0 Å². The average molecular weight is 408 g/mol. The first-order valence-corrected chi connectivity index (χ1v) is 10.7. The zero-order valence-corrected chi connectivity index (χ0v) is 17.9. The smallest absolute Gasteiger partial charge is 0.260 e.